The number of benzene rings is 1. The normalized spacial score (nSPS) is 11.7. The number of rotatable bonds is 5. The quantitative estimate of drug-likeness (QED) is 0.647. The van der Waals surface area contributed by atoms with E-state index in [-0.39, 0.29) is 23.1 Å². The van der Waals surface area contributed by atoms with Gasteiger partial charge in [0.25, 0.3) is 5.69 Å². The summed E-state index contributed by atoms with van der Waals surface area (Å²) in [7, 11) is 0. The Morgan fingerprint density at radius 2 is 2.05 bits per heavy atom. The third-order valence-electron chi connectivity index (χ3n) is 2.97. The number of pyridine rings is 1. The number of carbonyl (C=O) groups is 1. The summed E-state index contributed by atoms with van der Waals surface area (Å²) in [6, 6.07) is 10.2. The Labute approximate surface area is 120 Å². The number of carboxylic acids is 1. The molecular weight excluding hydrogens is 274 g/mol. The lowest BCUT2D eigenvalue weighted by atomic mass is 10.1. The van der Waals surface area contributed by atoms with Gasteiger partial charge in [0.05, 0.1) is 4.92 Å². The van der Waals surface area contributed by atoms with E-state index < -0.39 is 10.9 Å². The van der Waals surface area contributed by atoms with Crippen LogP contribution in [0.1, 0.15) is 28.9 Å². The van der Waals surface area contributed by atoms with Crippen molar-refractivity contribution in [3.63, 3.8) is 0 Å². The average Bonchev–Trinajstić information content (AvgIpc) is 2.48. The third-order valence-corrected chi connectivity index (χ3v) is 2.97. The van der Waals surface area contributed by atoms with Crippen molar-refractivity contribution in [3.05, 3.63) is 63.8 Å². The lowest BCUT2D eigenvalue weighted by molar-refractivity contribution is -0.385. The molecule has 0 radical (unpaired) electrons. The predicted molar refractivity (Wildman–Crippen MR) is 76.3 cm³/mol. The van der Waals surface area contributed by atoms with Gasteiger partial charge in [-0.2, -0.15) is 0 Å². The zero-order valence-corrected chi connectivity index (χ0v) is 11.2. The number of nitrogens with zero attached hydrogens (tertiary/aromatic N) is 2. The Kier molecular flexibility index (Phi) is 4.13. The van der Waals surface area contributed by atoms with E-state index in [2.05, 4.69) is 10.3 Å². The monoisotopic (exact) mass is 287 g/mol. The van der Waals surface area contributed by atoms with Crippen molar-refractivity contribution >= 4 is 17.5 Å². The summed E-state index contributed by atoms with van der Waals surface area (Å²) in [5, 5.41) is 22.8. The molecule has 0 aliphatic rings. The maximum atomic E-state index is 11.2. The molecule has 0 spiro atoms. The van der Waals surface area contributed by atoms with E-state index in [1.54, 1.807) is 0 Å². The zero-order chi connectivity index (χ0) is 15.4. The second kappa shape index (κ2) is 6.00. The Morgan fingerprint density at radius 3 is 2.62 bits per heavy atom. The minimum atomic E-state index is -1.27. The van der Waals surface area contributed by atoms with Crippen molar-refractivity contribution in [2.45, 2.75) is 13.0 Å². The number of hydrogen-bond acceptors (Lipinski definition) is 5. The van der Waals surface area contributed by atoms with Crippen molar-refractivity contribution in [1.82, 2.24) is 4.98 Å². The van der Waals surface area contributed by atoms with Crippen molar-refractivity contribution in [2.75, 3.05) is 5.32 Å². The first-order valence-corrected chi connectivity index (χ1v) is 6.18. The summed E-state index contributed by atoms with van der Waals surface area (Å²) < 4.78 is 0. The van der Waals surface area contributed by atoms with Gasteiger partial charge >= 0.3 is 5.97 Å². The van der Waals surface area contributed by atoms with Gasteiger partial charge < -0.3 is 10.4 Å². The highest BCUT2D eigenvalue weighted by molar-refractivity contribution is 5.93. The number of aromatic carboxylic acids is 1. The maximum Gasteiger partial charge on any atom is 0.339 e. The molecule has 108 valence electrons. The Morgan fingerprint density at radius 1 is 1.38 bits per heavy atom. The second-order valence-corrected chi connectivity index (χ2v) is 4.43. The summed E-state index contributed by atoms with van der Waals surface area (Å²) in [5.74, 6) is -1.17. The van der Waals surface area contributed by atoms with Crippen molar-refractivity contribution in [1.29, 1.82) is 0 Å². The predicted octanol–water partition coefficient (Wildman–Crippen LogP) is 2.86. The number of carboxylic acid groups (broad SMARTS) is 1. The molecule has 1 aromatic heterocycles. The van der Waals surface area contributed by atoms with Gasteiger partial charge in [-0.05, 0) is 12.5 Å². The molecule has 21 heavy (non-hydrogen) atoms. The molecule has 2 rings (SSSR count). The van der Waals surface area contributed by atoms with Crippen LogP contribution in [0.5, 0.6) is 0 Å². The van der Waals surface area contributed by atoms with Crippen LogP contribution >= 0.6 is 0 Å². The summed E-state index contributed by atoms with van der Waals surface area (Å²) in [6.45, 7) is 1.85. The van der Waals surface area contributed by atoms with Crippen LogP contribution in [-0.2, 0) is 0 Å². The first-order chi connectivity index (χ1) is 9.99. The highest BCUT2D eigenvalue weighted by Gasteiger charge is 2.19. The van der Waals surface area contributed by atoms with E-state index in [4.69, 9.17) is 5.11 Å². The van der Waals surface area contributed by atoms with Crippen LogP contribution in [0.25, 0.3) is 0 Å². The molecule has 0 aliphatic carbocycles. The summed E-state index contributed by atoms with van der Waals surface area (Å²) in [5.41, 5.74) is 0.367. The minimum absolute atomic E-state index is 0.101. The fraction of sp³-hybridized carbons (Fsp3) is 0.143. The van der Waals surface area contributed by atoms with Crippen molar-refractivity contribution < 1.29 is 14.8 Å². The van der Waals surface area contributed by atoms with Crippen LogP contribution in [0.15, 0.2) is 42.6 Å². The van der Waals surface area contributed by atoms with Gasteiger partial charge in [0.2, 0.25) is 0 Å². The van der Waals surface area contributed by atoms with Crippen LogP contribution in [0, 0.1) is 10.1 Å². The third kappa shape index (κ3) is 3.33. The largest absolute Gasteiger partial charge is 0.478 e. The number of anilines is 1. The molecule has 0 saturated heterocycles. The first kappa shape index (κ1) is 14.4. The average molecular weight is 287 g/mol. The van der Waals surface area contributed by atoms with Gasteiger partial charge in [-0.1, -0.05) is 30.3 Å². The maximum absolute atomic E-state index is 11.2. The zero-order valence-electron chi connectivity index (χ0n) is 11.2. The number of hydrogen-bond donors (Lipinski definition) is 2. The van der Waals surface area contributed by atoms with E-state index in [9.17, 15) is 14.9 Å². The van der Waals surface area contributed by atoms with Gasteiger partial charge in [-0.15, -0.1) is 0 Å². The Hall–Kier alpha value is -2.96. The second-order valence-electron chi connectivity index (χ2n) is 4.43. The molecular formula is C14H13N3O4. The van der Waals surface area contributed by atoms with Crippen LogP contribution in [0.3, 0.4) is 0 Å². The number of nitro groups is 1. The molecule has 1 atom stereocenters. The van der Waals surface area contributed by atoms with E-state index in [0.29, 0.717) is 0 Å². The Bertz CT molecular complexity index is 673. The van der Waals surface area contributed by atoms with E-state index in [0.717, 1.165) is 17.8 Å². The lowest BCUT2D eigenvalue weighted by Crippen LogP contribution is -2.12. The molecule has 0 saturated carbocycles. The first-order valence-electron chi connectivity index (χ1n) is 6.18. The highest BCUT2D eigenvalue weighted by atomic mass is 16.6. The SMILES string of the molecule is CC(Nc1ncc([N+](=O)[O-])cc1C(=O)O)c1ccccc1. The standard InChI is InChI=1S/C14H13N3O4/c1-9(10-5-3-2-4-6-10)16-13-12(14(18)19)7-11(8-15-13)17(20)21/h2-9H,1H3,(H,15,16)(H,18,19). The molecule has 0 fully saturated rings. The molecule has 0 aliphatic heterocycles. The Balaban J connectivity index is 2.31. The summed E-state index contributed by atoms with van der Waals surface area (Å²) in [6.07, 6.45) is 1.03. The minimum Gasteiger partial charge on any atom is -0.478 e. The molecule has 1 aromatic carbocycles. The summed E-state index contributed by atoms with van der Waals surface area (Å²) in [4.78, 5) is 25.1. The molecule has 1 heterocycles. The van der Waals surface area contributed by atoms with Gasteiger partial charge in [0.15, 0.2) is 0 Å². The van der Waals surface area contributed by atoms with Gasteiger partial charge in [-0.25, -0.2) is 9.78 Å². The van der Waals surface area contributed by atoms with Crippen molar-refractivity contribution in [2.24, 2.45) is 0 Å². The topological polar surface area (TPSA) is 105 Å². The van der Waals surface area contributed by atoms with Gasteiger partial charge in [-0.3, -0.25) is 10.1 Å². The smallest absolute Gasteiger partial charge is 0.339 e. The van der Waals surface area contributed by atoms with Crippen LogP contribution in [0.2, 0.25) is 0 Å². The highest BCUT2D eigenvalue weighted by Crippen LogP contribution is 2.23. The van der Waals surface area contributed by atoms with E-state index in [1.807, 2.05) is 37.3 Å². The molecule has 7 nitrogen and oxygen atoms in total. The fourth-order valence-electron chi connectivity index (χ4n) is 1.86. The van der Waals surface area contributed by atoms with Gasteiger partial charge in [0.1, 0.15) is 17.6 Å². The molecule has 1 unspecified atom stereocenters. The molecule has 2 aromatic rings. The van der Waals surface area contributed by atoms with Gasteiger partial charge in [0, 0.05) is 12.1 Å². The lowest BCUT2D eigenvalue weighted by Gasteiger charge is -2.16. The van der Waals surface area contributed by atoms with E-state index in [1.165, 1.54) is 0 Å². The number of aromatic nitrogens is 1. The molecule has 0 bridgehead atoms. The van der Waals surface area contributed by atoms with Crippen LogP contribution in [0.4, 0.5) is 11.5 Å². The summed E-state index contributed by atoms with van der Waals surface area (Å²) >= 11 is 0. The fourth-order valence-corrected chi connectivity index (χ4v) is 1.86. The molecule has 7 heteroatoms. The van der Waals surface area contributed by atoms with E-state index >= 15 is 0 Å². The number of nitrogens with one attached hydrogen (secondary N) is 1. The van der Waals surface area contributed by atoms with Crippen LogP contribution in [-0.4, -0.2) is 21.0 Å². The molecule has 2 N–H and O–H groups in total. The van der Waals surface area contributed by atoms with Crippen molar-refractivity contribution in [3.8, 4) is 0 Å². The van der Waals surface area contributed by atoms with Crippen LogP contribution < -0.4 is 5.32 Å². The molecule has 0 amide bonds.